The molecule has 0 heteroatoms. The zero-order chi connectivity index (χ0) is 13.6. The predicted octanol–water partition coefficient (Wildman–Crippen LogP) is 5.56. The Hall–Kier alpha value is -1.56. The molecule has 1 aliphatic carbocycles. The molecule has 96 valence electrons. The summed E-state index contributed by atoms with van der Waals surface area (Å²) in [5, 5.41) is 0. The number of benzene rings is 1. The minimum Gasteiger partial charge on any atom is -0.0751 e. The number of hydrogen-bond acceptors (Lipinski definition) is 0. The lowest BCUT2D eigenvalue weighted by Gasteiger charge is -2.12. The maximum atomic E-state index is 2.25. The van der Waals surface area contributed by atoms with Crippen LogP contribution in [0.2, 0.25) is 0 Å². The Morgan fingerprint density at radius 3 is 2.11 bits per heavy atom. The molecule has 0 nitrogen and oxygen atoms in total. The summed E-state index contributed by atoms with van der Waals surface area (Å²) in [4.78, 5) is 0. The molecular weight excluding hydrogens is 216 g/mol. The van der Waals surface area contributed by atoms with Gasteiger partial charge in [0.05, 0.1) is 0 Å². The second-order valence-electron chi connectivity index (χ2n) is 5.00. The first-order valence-electron chi connectivity index (χ1n) is 6.73. The monoisotopic (exact) mass is 240 g/mol. The van der Waals surface area contributed by atoms with Gasteiger partial charge >= 0.3 is 0 Å². The van der Waals surface area contributed by atoms with Crippen molar-refractivity contribution in [1.29, 1.82) is 0 Å². The SMILES string of the molecule is CC.Cc1ccc(C2=CC=CC(C)(C)C=C2)cc1. The third kappa shape index (κ3) is 4.03. The Balaban J connectivity index is 0.000000771. The van der Waals surface area contributed by atoms with Crippen LogP contribution < -0.4 is 0 Å². The summed E-state index contributed by atoms with van der Waals surface area (Å²) in [6.07, 6.45) is 11.0. The fourth-order valence-electron chi connectivity index (χ4n) is 1.75. The summed E-state index contributed by atoms with van der Waals surface area (Å²) in [5.41, 5.74) is 4.02. The number of rotatable bonds is 1. The van der Waals surface area contributed by atoms with Gasteiger partial charge in [-0.05, 0) is 18.1 Å². The molecule has 1 aliphatic rings. The average Bonchev–Trinajstić information content (AvgIpc) is 2.54. The topological polar surface area (TPSA) is 0 Å². The molecule has 0 amide bonds. The van der Waals surface area contributed by atoms with Crippen LogP contribution in [-0.4, -0.2) is 0 Å². The van der Waals surface area contributed by atoms with Gasteiger partial charge in [-0.1, -0.05) is 87.9 Å². The Morgan fingerprint density at radius 2 is 1.50 bits per heavy atom. The third-order valence-electron chi connectivity index (χ3n) is 2.88. The second kappa shape index (κ2) is 6.39. The highest BCUT2D eigenvalue weighted by atomic mass is 14.2. The van der Waals surface area contributed by atoms with E-state index < -0.39 is 0 Å². The van der Waals surface area contributed by atoms with Crippen molar-refractivity contribution < 1.29 is 0 Å². The minimum atomic E-state index is 0.156. The van der Waals surface area contributed by atoms with E-state index in [2.05, 4.69) is 75.4 Å². The molecule has 18 heavy (non-hydrogen) atoms. The highest BCUT2D eigenvalue weighted by Crippen LogP contribution is 2.26. The normalized spacial score (nSPS) is 16.4. The second-order valence-corrected chi connectivity index (χ2v) is 5.00. The molecule has 1 aromatic carbocycles. The van der Waals surface area contributed by atoms with Gasteiger partial charge in [-0.2, -0.15) is 0 Å². The van der Waals surface area contributed by atoms with Crippen molar-refractivity contribution >= 4 is 5.57 Å². The Morgan fingerprint density at radius 1 is 0.889 bits per heavy atom. The minimum absolute atomic E-state index is 0.156. The number of aryl methyl sites for hydroxylation is 1. The molecule has 2 rings (SSSR count). The molecule has 0 N–H and O–H groups in total. The van der Waals surface area contributed by atoms with Crippen molar-refractivity contribution in [2.75, 3.05) is 0 Å². The fraction of sp³-hybridized carbons (Fsp3) is 0.333. The lowest BCUT2D eigenvalue weighted by Crippen LogP contribution is -2.00. The van der Waals surface area contributed by atoms with Crippen LogP contribution in [-0.2, 0) is 0 Å². The van der Waals surface area contributed by atoms with Crippen LogP contribution in [0.1, 0.15) is 38.8 Å². The molecule has 0 spiro atoms. The van der Waals surface area contributed by atoms with E-state index in [0.717, 1.165) is 0 Å². The van der Waals surface area contributed by atoms with E-state index in [9.17, 15) is 0 Å². The summed E-state index contributed by atoms with van der Waals surface area (Å²) < 4.78 is 0. The van der Waals surface area contributed by atoms with Gasteiger partial charge in [-0.3, -0.25) is 0 Å². The summed E-state index contributed by atoms with van der Waals surface area (Å²) >= 11 is 0. The quantitative estimate of drug-likeness (QED) is 0.603. The fourth-order valence-corrected chi connectivity index (χ4v) is 1.75. The first-order chi connectivity index (χ1) is 8.57. The first-order valence-corrected chi connectivity index (χ1v) is 6.73. The molecule has 0 aromatic heterocycles. The molecule has 0 radical (unpaired) electrons. The first kappa shape index (κ1) is 14.5. The smallest absolute Gasteiger partial charge is 0.00109 e. The van der Waals surface area contributed by atoms with Gasteiger partial charge in [0, 0.05) is 5.41 Å². The molecule has 1 aromatic rings. The van der Waals surface area contributed by atoms with Crippen LogP contribution in [0.4, 0.5) is 0 Å². The maximum absolute atomic E-state index is 2.25. The molecule has 0 saturated heterocycles. The van der Waals surface area contributed by atoms with Crippen molar-refractivity contribution in [3.63, 3.8) is 0 Å². The molecule has 0 aliphatic heterocycles. The zero-order valence-electron chi connectivity index (χ0n) is 12.2. The third-order valence-corrected chi connectivity index (χ3v) is 2.88. The van der Waals surface area contributed by atoms with Gasteiger partial charge in [0.25, 0.3) is 0 Å². The van der Waals surface area contributed by atoms with Gasteiger partial charge in [0.15, 0.2) is 0 Å². The summed E-state index contributed by atoms with van der Waals surface area (Å²) in [6, 6.07) is 8.67. The molecule has 0 fully saturated rings. The van der Waals surface area contributed by atoms with E-state index in [4.69, 9.17) is 0 Å². The molecule has 0 heterocycles. The Bertz CT molecular complexity index is 453. The van der Waals surface area contributed by atoms with Gasteiger partial charge in [-0.15, -0.1) is 0 Å². The number of allylic oxidation sites excluding steroid dienone is 6. The van der Waals surface area contributed by atoms with Crippen LogP contribution in [0.5, 0.6) is 0 Å². The summed E-state index contributed by atoms with van der Waals surface area (Å²) in [7, 11) is 0. The molecule has 0 saturated carbocycles. The van der Waals surface area contributed by atoms with Crippen LogP contribution in [0.3, 0.4) is 0 Å². The van der Waals surface area contributed by atoms with E-state index >= 15 is 0 Å². The van der Waals surface area contributed by atoms with Crippen LogP contribution >= 0.6 is 0 Å². The van der Waals surface area contributed by atoms with Gasteiger partial charge in [0.1, 0.15) is 0 Å². The highest BCUT2D eigenvalue weighted by molar-refractivity contribution is 5.76. The van der Waals surface area contributed by atoms with Crippen molar-refractivity contribution in [2.45, 2.75) is 34.6 Å². The van der Waals surface area contributed by atoms with Crippen molar-refractivity contribution in [3.05, 3.63) is 65.8 Å². The Labute approximate surface area is 112 Å². The van der Waals surface area contributed by atoms with Crippen LogP contribution in [0.15, 0.2) is 54.6 Å². The van der Waals surface area contributed by atoms with E-state index in [-0.39, 0.29) is 5.41 Å². The van der Waals surface area contributed by atoms with E-state index in [1.807, 2.05) is 13.8 Å². The van der Waals surface area contributed by atoms with Crippen LogP contribution in [0.25, 0.3) is 5.57 Å². The summed E-state index contributed by atoms with van der Waals surface area (Å²) in [6.45, 7) is 10.5. The lowest BCUT2D eigenvalue weighted by atomic mass is 9.93. The zero-order valence-corrected chi connectivity index (χ0v) is 12.2. The van der Waals surface area contributed by atoms with Crippen LogP contribution in [0, 0.1) is 12.3 Å². The summed E-state index contributed by atoms with van der Waals surface area (Å²) in [5.74, 6) is 0. The van der Waals surface area contributed by atoms with E-state index in [1.165, 1.54) is 16.7 Å². The highest BCUT2D eigenvalue weighted by Gasteiger charge is 2.10. The van der Waals surface area contributed by atoms with E-state index in [0.29, 0.717) is 0 Å². The predicted molar refractivity (Wildman–Crippen MR) is 82.6 cm³/mol. The van der Waals surface area contributed by atoms with Crippen molar-refractivity contribution in [2.24, 2.45) is 5.41 Å². The maximum Gasteiger partial charge on any atom is 0.00109 e. The van der Waals surface area contributed by atoms with Gasteiger partial charge in [0.2, 0.25) is 0 Å². The number of hydrogen-bond donors (Lipinski definition) is 0. The molecule has 0 atom stereocenters. The Kier molecular flexibility index (Phi) is 5.15. The molecular formula is C18H24. The standard InChI is InChI=1S/C16H18.C2H6/c1-13-6-8-15(9-7-13)14-5-4-11-16(2,3)12-10-14;1-2/h4-12H,1-3H3;1-2H3. The largest absolute Gasteiger partial charge is 0.0751 e. The van der Waals surface area contributed by atoms with E-state index in [1.54, 1.807) is 0 Å². The molecule has 0 unspecified atom stereocenters. The molecule has 0 bridgehead atoms. The lowest BCUT2D eigenvalue weighted by molar-refractivity contribution is 0.627. The average molecular weight is 240 g/mol. The van der Waals surface area contributed by atoms with Crippen molar-refractivity contribution in [3.8, 4) is 0 Å². The van der Waals surface area contributed by atoms with Gasteiger partial charge < -0.3 is 0 Å². The van der Waals surface area contributed by atoms with Crippen molar-refractivity contribution in [1.82, 2.24) is 0 Å². The van der Waals surface area contributed by atoms with Gasteiger partial charge in [-0.25, -0.2) is 0 Å².